The molecule has 0 atom stereocenters. The number of ether oxygens (including phenoxy) is 1. The maximum Gasteiger partial charge on any atom is 0.418 e. The van der Waals surface area contributed by atoms with Crippen LogP contribution in [0, 0.1) is 11.6 Å². The fourth-order valence-electron chi connectivity index (χ4n) is 2.16. The van der Waals surface area contributed by atoms with Crippen molar-refractivity contribution in [2.24, 2.45) is 0 Å². The van der Waals surface area contributed by atoms with Crippen molar-refractivity contribution in [1.82, 2.24) is 5.32 Å². The number of hydrogen-bond acceptors (Lipinski definition) is 4. The van der Waals surface area contributed by atoms with E-state index in [1.54, 1.807) is 0 Å². The van der Waals surface area contributed by atoms with E-state index >= 15 is 0 Å². The number of hydrogen-bond donors (Lipinski definition) is 2. The highest BCUT2D eigenvalue weighted by Gasteiger charge is 2.34. The van der Waals surface area contributed by atoms with Gasteiger partial charge in [0, 0.05) is 11.1 Å². The Morgan fingerprint density at radius 2 is 1.73 bits per heavy atom. The SMILES string of the molecule is O=C(COC(=O)CNC(=O)c1ccc(F)cc1F)Nc1ccc(Cl)cc1C(F)(F)F. The zero-order valence-electron chi connectivity index (χ0n) is 14.8. The number of alkyl halides is 3. The highest BCUT2D eigenvalue weighted by molar-refractivity contribution is 6.30. The minimum absolute atomic E-state index is 0.194. The van der Waals surface area contributed by atoms with Crippen LogP contribution < -0.4 is 10.6 Å². The van der Waals surface area contributed by atoms with Crippen LogP contribution in [0.3, 0.4) is 0 Å². The Morgan fingerprint density at radius 1 is 1.03 bits per heavy atom. The predicted molar refractivity (Wildman–Crippen MR) is 94.7 cm³/mol. The van der Waals surface area contributed by atoms with E-state index in [1.807, 2.05) is 10.6 Å². The normalized spacial score (nSPS) is 11.0. The van der Waals surface area contributed by atoms with Crippen molar-refractivity contribution in [1.29, 1.82) is 0 Å². The molecule has 0 aliphatic rings. The zero-order valence-corrected chi connectivity index (χ0v) is 15.5. The molecule has 0 unspecified atom stereocenters. The molecule has 0 heterocycles. The minimum atomic E-state index is -4.79. The average molecular weight is 451 g/mol. The van der Waals surface area contributed by atoms with Crippen LogP contribution in [-0.4, -0.2) is 30.9 Å². The van der Waals surface area contributed by atoms with Crippen molar-refractivity contribution in [3.8, 4) is 0 Å². The fraction of sp³-hybridized carbons (Fsp3) is 0.167. The Balaban J connectivity index is 1.87. The number of carbonyl (C=O) groups excluding carboxylic acids is 3. The first-order chi connectivity index (χ1) is 14.0. The molecule has 30 heavy (non-hydrogen) atoms. The summed E-state index contributed by atoms with van der Waals surface area (Å²) in [6, 6.07) is 4.86. The van der Waals surface area contributed by atoms with Gasteiger partial charge < -0.3 is 15.4 Å². The van der Waals surface area contributed by atoms with E-state index in [2.05, 4.69) is 4.74 Å². The van der Waals surface area contributed by atoms with Crippen LogP contribution in [0.2, 0.25) is 5.02 Å². The third kappa shape index (κ3) is 6.41. The molecule has 2 rings (SSSR count). The summed E-state index contributed by atoms with van der Waals surface area (Å²) < 4.78 is 69.7. The molecule has 160 valence electrons. The molecule has 12 heteroatoms. The van der Waals surface area contributed by atoms with Gasteiger partial charge in [0.2, 0.25) is 0 Å². The van der Waals surface area contributed by atoms with Crippen molar-refractivity contribution in [3.63, 3.8) is 0 Å². The third-order valence-electron chi connectivity index (χ3n) is 3.49. The molecule has 6 nitrogen and oxygen atoms in total. The summed E-state index contributed by atoms with van der Waals surface area (Å²) in [5.41, 5.74) is -2.30. The van der Waals surface area contributed by atoms with Gasteiger partial charge in [0.15, 0.2) is 6.61 Å². The molecule has 0 saturated carbocycles. The van der Waals surface area contributed by atoms with E-state index < -0.39 is 65.6 Å². The second kappa shape index (κ2) is 9.53. The zero-order chi connectivity index (χ0) is 22.5. The van der Waals surface area contributed by atoms with Gasteiger partial charge in [-0.25, -0.2) is 8.78 Å². The van der Waals surface area contributed by atoms with Gasteiger partial charge in [0.05, 0.1) is 16.8 Å². The van der Waals surface area contributed by atoms with Gasteiger partial charge in [0.25, 0.3) is 11.8 Å². The highest BCUT2D eigenvalue weighted by atomic mass is 35.5. The molecular formula is C18H12ClF5N2O4. The van der Waals surface area contributed by atoms with Crippen LogP contribution in [-0.2, 0) is 20.5 Å². The maximum atomic E-state index is 13.5. The molecule has 0 aromatic heterocycles. The van der Waals surface area contributed by atoms with Gasteiger partial charge in [0.1, 0.15) is 18.2 Å². The third-order valence-corrected chi connectivity index (χ3v) is 3.73. The van der Waals surface area contributed by atoms with Crippen LogP contribution >= 0.6 is 11.6 Å². The fourth-order valence-corrected chi connectivity index (χ4v) is 2.34. The monoisotopic (exact) mass is 450 g/mol. The number of anilines is 1. The minimum Gasteiger partial charge on any atom is -0.454 e. The molecule has 0 bridgehead atoms. The summed E-state index contributed by atoms with van der Waals surface area (Å²) in [6.07, 6.45) is -4.79. The lowest BCUT2D eigenvalue weighted by atomic mass is 10.1. The number of halogens is 6. The summed E-state index contributed by atoms with van der Waals surface area (Å²) >= 11 is 5.53. The number of nitrogens with one attached hydrogen (secondary N) is 2. The molecular weight excluding hydrogens is 439 g/mol. The number of esters is 1. The lowest BCUT2D eigenvalue weighted by molar-refractivity contribution is -0.146. The number of carbonyl (C=O) groups is 3. The summed E-state index contributed by atoms with van der Waals surface area (Å²) in [4.78, 5) is 35.1. The van der Waals surface area contributed by atoms with Crippen LogP contribution in [0.25, 0.3) is 0 Å². The number of rotatable bonds is 6. The Hall–Kier alpha value is -3.21. The Bertz CT molecular complexity index is 982. The van der Waals surface area contributed by atoms with Crippen molar-refractivity contribution >= 4 is 35.1 Å². The highest BCUT2D eigenvalue weighted by Crippen LogP contribution is 2.36. The van der Waals surface area contributed by atoms with Crippen molar-refractivity contribution in [2.45, 2.75) is 6.18 Å². The lowest BCUT2D eigenvalue weighted by Gasteiger charge is -2.14. The predicted octanol–water partition coefficient (Wildman–Crippen LogP) is 3.55. The molecule has 2 aromatic carbocycles. The summed E-state index contributed by atoms with van der Waals surface area (Å²) in [6.45, 7) is -1.71. The molecule has 2 N–H and O–H groups in total. The first-order valence-electron chi connectivity index (χ1n) is 8.03. The maximum absolute atomic E-state index is 13.5. The molecule has 2 amide bonds. The molecule has 0 aliphatic heterocycles. The summed E-state index contributed by atoms with van der Waals surface area (Å²) in [5.74, 6) is -5.28. The Morgan fingerprint density at radius 3 is 2.37 bits per heavy atom. The average Bonchev–Trinajstić information content (AvgIpc) is 2.65. The summed E-state index contributed by atoms with van der Waals surface area (Å²) in [5, 5.41) is 3.74. The Kier molecular flexibility index (Phi) is 7.33. The van der Waals surface area contributed by atoms with E-state index in [1.165, 1.54) is 0 Å². The topological polar surface area (TPSA) is 84.5 Å². The van der Waals surface area contributed by atoms with Crippen molar-refractivity contribution in [2.75, 3.05) is 18.5 Å². The second-order valence-corrected chi connectivity index (χ2v) is 6.14. The van der Waals surface area contributed by atoms with Gasteiger partial charge in [-0.3, -0.25) is 14.4 Å². The molecule has 0 fully saturated rings. The summed E-state index contributed by atoms with van der Waals surface area (Å²) in [7, 11) is 0. The van der Waals surface area contributed by atoms with Crippen molar-refractivity contribution in [3.05, 3.63) is 64.2 Å². The van der Waals surface area contributed by atoms with Crippen LogP contribution in [0.4, 0.5) is 27.6 Å². The van der Waals surface area contributed by atoms with E-state index in [0.717, 1.165) is 24.3 Å². The number of amides is 2. The van der Waals surface area contributed by atoms with Gasteiger partial charge in [-0.1, -0.05) is 11.6 Å². The van der Waals surface area contributed by atoms with Gasteiger partial charge in [-0.05, 0) is 30.3 Å². The Labute approximate surface area is 171 Å². The largest absolute Gasteiger partial charge is 0.454 e. The van der Waals surface area contributed by atoms with Gasteiger partial charge in [-0.2, -0.15) is 13.2 Å². The molecule has 0 spiro atoms. The number of benzene rings is 2. The van der Waals surface area contributed by atoms with E-state index in [4.69, 9.17) is 11.6 Å². The van der Waals surface area contributed by atoms with Crippen molar-refractivity contribution < 1.29 is 41.1 Å². The van der Waals surface area contributed by atoms with E-state index in [9.17, 15) is 36.3 Å². The smallest absolute Gasteiger partial charge is 0.418 e. The first-order valence-corrected chi connectivity index (χ1v) is 8.40. The van der Waals surface area contributed by atoms with E-state index in [-0.39, 0.29) is 5.02 Å². The quantitative estimate of drug-likeness (QED) is 0.521. The lowest BCUT2D eigenvalue weighted by Crippen LogP contribution is -2.32. The van der Waals surface area contributed by atoms with Crippen LogP contribution in [0.5, 0.6) is 0 Å². The van der Waals surface area contributed by atoms with E-state index in [0.29, 0.717) is 12.1 Å². The molecule has 0 radical (unpaired) electrons. The van der Waals surface area contributed by atoms with Crippen LogP contribution in [0.15, 0.2) is 36.4 Å². The first kappa shape index (κ1) is 23.1. The molecule has 0 aliphatic carbocycles. The standard InChI is InChI=1S/C18H12ClF5N2O4/c19-9-1-4-14(12(5-9)18(22,23)24)26-15(27)8-30-16(28)7-25-17(29)11-3-2-10(20)6-13(11)21/h1-6H,7-8H2,(H,25,29)(H,26,27). The van der Waals surface area contributed by atoms with Gasteiger partial charge >= 0.3 is 12.1 Å². The molecule has 0 saturated heterocycles. The molecule has 2 aromatic rings. The second-order valence-electron chi connectivity index (χ2n) is 5.70. The van der Waals surface area contributed by atoms with Crippen LogP contribution in [0.1, 0.15) is 15.9 Å². The van der Waals surface area contributed by atoms with Gasteiger partial charge in [-0.15, -0.1) is 0 Å².